The van der Waals surface area contributed by atoms with Gasteiger partial charge in [0.25, 0.3) is 0 Å². The number of unbranched alkanes of at least 4 members (excludes halogenated alkanes) is 3. The van der Waals surface area contributed by atoms with Gasteiger partial charge in [0.1, 0.15) is 30.8 Å². The molecule has 0 aliphatic carbocycles. The van der Waals surface area contributed by atoms with Crippen LogP contribution >= 0.6 is 0 Å². The monoisotopic (exact) mass is 917 g/mol. The van der Waals surface area contributed by atoms with Gasteiger partial charge in [0.05, 0.1) is 64.8 Å². The van der Waals surface area contributed by atoms with Gasteiger partial charge in [0, 0.05) is 39.0 Å². The van der Waals surface area contributed by atoms with Crippen LogP contribution < -0.4 is 54.4 Å². The first-order valence-electron chi connectivity index (χ1n) is 22.1. The molecular weight excluding hydrogens is 841 g/mol. The Labute approximate surface area is 376 Å². The molecule has 0 saturated heterocycles. The zero-order valence-electron chi connectivity index (χ0n) is 37.9. The number of rotatable bonds is 44. The van der Waals surface area contributed by atoms with E-state index >= 15 is 0 Å². The molecule has 0 spiro atoms. The molecule has 0 aromatic rings. The molecule has 13 N–H and O–H groups in total. The SMILES string of the molecule is CC(=O)CN[C@@H](CCCCNC(=O)COCCOCCNC(=O)COCCOCCNC(=O)CCCC(=O)NCCCC[C@H](NCC(C)=O)C(=O)N[C@@H](CCCCN)C(N)=O)C(N)=O. The Morgan fingerprint density at radius 1 is 0.453 bits per heavy atom. The lowest BCUT2D eigenvalue weighted by Crippen LogP contribution is -2.52. The van der Waals surface area contributed by atoms with Crippen molar-refractivity contribution < 1.29 is 62.1 Å². The summed E-state index contributed by atoms with van der Waals surface area (Å²) in [5.74, 6) is -2.86. The minimum atomic E-state index is -0.835. The van der Waals surface area contributed by atoms with E-state index in [1.165, 1.54) is 13.8 Å². The predicted molar refractivity (Wildman–Crippen MR) is 235 cm³/mol. The maximum Gasteiger partial charge on any atom is 0.246 e. The van der Waals surface area contributed by atoms with E-state index in [4.69, 9.17) is 36.1 Å². The van der Waals surface area contributed by atoms with Crippen LogP contribution in [-0.4, -0.2) is 170 Å². The van der Waals surface area contributed by atoms with Crippen molar-refractivity contribution in [2.45, 2.75) is 109 Å². The van der Waals surface area contributed by atoms with Crippen molar-refractivity contribution in [3.63, 3.8) is 0 Å². The number of primary amides is 2. The zero-order chi connectivity index (χ0) is 47.8. The fourth-order valence-electron chi connectivity index (χ4n) is 5.64. The molecule has 7 amide bonds. The molecule has 23 nitrogen and oxygen atoms in total. The molecule has 0 aliphatic rings. The van der Waals surface area contributed by atoms with Gasteiger partial charge in [-0.1, -0.05) is 0 Å². The smallest absolute Gasteiger partial charge is 0.246 e. The molecule has 0 unspecified atom stereocenters. The van der Waals surface area contributed by atoms with Crippen LogP contribution in [0.5, 0.6) is 0 Å². The van der Waals surface area contributed by atoms with Gasteiger partial charge >= 0.3 is 0 Å². The molecule has 3 atom stereocenters. The third-order valence-corrected chi connectivity index (χ3v) is 9.10. The summed E-state index contributed by atoms with van der Waals surface area (Å²) in [4.78, 5) is 107. The molecule has 0 heterocycles. The van der Waals surface area contributed by atoms with Crippen molar-refractivity contribution in [1.29, 1.82) is 0 Å². The third-order valence-electron chi connectivity index (χ3n) is 9.10. The van der Waals surface area contributed by atoms with E-state index in [1.54, 1.807) is 0 Å². The Morgan fingerprint density at radius 3 is 1.34 bits per heavy atom. The number of ether oxygens (including phenoxy) is 4. The number of Topliss-reactive ketones (excluding diaryl/α,β-unsaturated/α-hetero) is 2. The van der Waals surface area contributed by atoms with Crippen LogP contribution in [-0.2, 0) is 62.1 Å². The van der Waals surface area contributed by atoms with Crippen LogP contribution in [0.4, 0.5) is 0 Å². The number of carbonyl (C=O) groups is 9. The quantitative estimate of drug-likeness (QED) is 0.0268. The number of hydrogen-bond acceptors (Lipinski definition) is 16. The van der Waals surface area contributed by atoms with Crippen LogP contribution in [0, 0.1) is 0 Å². The van der Waals surface area contributed by atoms with Gasteiger partial charge in [0.15, 0.2) is 0 Å². The average Bonchev–Trinajstić information content (AvgIpc) is 3.23. The Morgan fingerprint density at radius 2 is 0.859 bits per heavy atom. The van der Waals surface area contributed by atoms with E-state index < -0.39 is 35.8 Å². The van der Waals surface area contributed by atoms with E-state index in [2.05, 4.69) is 37.2 Å². The molecule has 0 fully saturated rings. The highest BCUT2D eigenvalue weighted by Gasteiger charge is 2.24. The first-order chi connectivity index (χ1) is 30.7. The second-order valence-electron chi connectivity index (χ2n) is 15.0. The second kappa shape index (κ2) is 39.9. The molecule has 0 aliphatic heterocycles. The lowest BCUT2D eigenvalue weighted by atomic mass is 10.1. The van der Waals surface area contributed by atoms with E-state index in [1.807, 2.05) is 0 Å². The number of hydrogen-bond donors (Lipinski definition) is 10. The summed E-state index contributed by atoms with van der Waals surface area (Å²) in [6.07, 6.45) is 5.61. The van der Waals surface area contributed by atoms with Crippen LogP contribution in [0.15, 0.2) is 0 Å². The van der Waals surface area contributed by atoms with Crippen molar-refractivity contribution in [3.8, 4) is 0 Å². The van der Waals surface area contributed by atoms with Gasteiger partial charge in [-0.2, -0.15) is 0 Å². The Hall–Kier alpha value is -4.65. The van der Waals surface area contributed by atoms with E-state index in [0.717, 1.165) is 0 Å². The molecule has 64 heavy (non-hydrogen) atoms. The first kappa shape index (κ1) is 59.4. The summed E-state index contributed by atoms with van der Waals surface area (Å²) in [6.45, 7) is 5.65. The Balaban J connectivity index is 3.82. The molecule has 23 heteroatoms. The number of amides is 7. The van der Waals surface area contributed by atoms with Gasteiger partial charge in [0.2, 0.25) is 41.4 Å². The number of ketones is 2. The minimum absolute atomic E-state index is 0.00753. The summed E-state index contributed by atoms with van der Waals surface area (Å²) in [5.41, 5.74) is 16.3. The van der Waals surface area contributed by atoms with Crippen LogP contribution in [0.3, 0.4) is 0 Å². The summed E-state index contributed by atoms with van der Waals surface area (Å²) in [6, 6.07) is -2.14. The minimum Gasteiger partial charge on any atom is -0.377 e. The highest BCUT2D eigenvalue weighted by atomic mass is 16.5. The standard InChI is InChI=1S/C41H76N10O13/c1-30(52)26-49-32(39(43)58)10-4-7-17-46-37(56)28-63-24-23-62-21-19-48-38(57)29-64-25-22-61-20-18-47-36(55)14-9-13-35(54)45-16-8-5-12-34(50-27-31(2)53)41(60)51-33(40(44)59)11-3-6-15-42/h32-34,49-50H,3-29,42H2,1-2H3,(H2,43,58)(H2,44,59)(H,45,54)(H,46,56)(H,47,55)(H,48,57)(H,51,60)/t32-,33-,34-/m0/s1. The third kappa shape index (κ3) is 36.8. The fourth-order valence-corrected chi connectivity index (χ4v) is 5.64. The Kier molecular flexibility index (Phi) is 37.0. The predicted octanol–water partition coefficient (Wildman–Crippen LogP) is -3.29. The number of nitrogens with one attached hydrogen (secondary N) is 7. The van der Waals surface area contributed by atoms with Crippen molar-refractivity contribution in [3.05, 3.63) is 0 Å². The van der Waals surface area contributed by atoms with Gasteiger partial charge in [-0.15, -0.1) is 0 Å². The largest absolute Gasteiger partial charge is 0.377 e. The van der Waals surface area contributed by atoms with Gasteiger partial charge in [-0.3, -0.25) is 53.8 Å². The van der Waals surface area contributed by atoms with Gasteiger partial charge < -0.3 is 62.7 Å². The van der Waals surface area contributed by atoms with E-state index in [0.29, 0.717) is 83.8 Å². The second-order valence-corrected chi connectivity index (χ2v) is 15.0. The fraction of sp³-hybridized carbons (Fsp3) is 0.780. The zero-order valence-corrected chi connectivity index (χ0v) is 37.9. The number of carbonyl (C=O) groups excluding carboxylic acids is 9. The normalized spacial score (nSPS) is 12.4. The molecule has 0 aromatic heterocycles. The van der Waals surface area contributed by atoms with Crippen molar-refractivity contribution in [2.75, 3.05) is 98.7 Å². The van der Waals surface area contributed by atoms with Crippen LogP contribution in [0.1, 0.15) is 90.9 Å². The van der Waals surface area contributed by atoms with Crippen molar-refractivity contribution in [1.82, 2.24) is 37.2 Å². The Bertz CT molecular complexity index is 1390. The molecule has 0 aromatic carbocycles. The summed E-state index contributed by atoms with van der Waals surface area (Å²) >= 11 is 0. The van der Waals surface area contributed by atoms with Gasteiger partial charge in [-0.25, -0.2) is 0 Å². The molecule has 0 bridgehead atoms. The van der Waals surface area contributed by atoms with Gasteiger partial charge in [-0.05, 0) is 84.6 Å². The molecular formula is C41H76N10O13. The maximum atomic E-state index is 12.9. The number of nitrogens with two attached hydrogens (primary N) is 3. The summed E-state index contributed by atoms with van der Waals surface area (Å²) < 4.78 is 21.3. The first-order valence-corrected chi connectivity index (χ1v) is 22.1. The van der Waals surface area contributed by atoms with E-state index in [-0.39, 0.29) is 127 Å². The lowest BCUT2D eigenvalue weighted by molar-refractivity contribution is -0.129. The van der Waals surface area contributed by atoms with E-state index in [9.17, 15) is 43.2 Å². The van der Waals surface area contributed by atoms with Crippen molar-refractivity contribution >= 4 is 52.9 Å². The summed E-state index contributed by atoms with van der Waals surface area (Å²) in [5, 5.41) is 19.3. The molecule has 368 valence electrons. The molecule has 0 saturated carbocycles. The molecule has 0 radical (unpaired) electrons. The maximum absolute atomic E-state index is 12.9. The highest BCUT2D eigenvalue weighted by Crippen LogP contribution is 2.06. The summed E-state index contributed by atoms with van der Waals surface area (Å²) in [7, 11) is 0. The average molecular weight is 917 g/mol. The lowest BCUT2D eigenvalue weighted by Gasteiger charge is -2.21. The topological polar surface area (TPSA) is 353 Å². The highest BCUT2D eigenvalue weighted by molar-refractivity contribution is 5.89. The van der Waals surface area contributed by atoms with Crippen LogP contribution in [0.2, 0.25) is 0 Å². The molecule has 0 rings (SSSR count). The van der Waals surface area contributed by atoms with Crippen molar-refractivity contribution in [2.24, 2.45) is 17.2 Å². The van der Waals surface area contributed by atoms with Crippen LogP contribution in [0.25, 0.3) is 0 Å².